The quantitative estimate of drug-likeness (QED) is 0.751. The summed E-state index contributed by atoms with van der Waals surface area (Å²) in [5.41, 5.74) is 7.98. The van der Waals surface area contributed by atoms with Crippen molar-refractivity contribution >= 4 is 5.82 Å². The lowest BCUT2D eigenvalue weighted by molar-refractivity contribution is 0.477. The third-order valence-electron chi connectivity index (χ3n) is 3.40. The van der Waals surface area contributed by atoms with Crippen LogP contribution in [-0.2, 0) is 7.05 Å². The van der Waals surface area contributed by atoms with Gasteiger partial charge in [0.2, 0.25) is 0 Å². The number of nitrogens with two attached hydrogens (primary N) is 1. The van der Waals surface area contributed by atoms with E-state index >= 15 is 0 Å². The Hall–Kier alpha value is -3.15. The molecule has 0 radical (unpaired) electrons. The molecule has 0 aliphatic heterocycles. The topological polar surface area (TPSA) is 94.0 Å². The Morgan fingerprint density at radius 1 is 1.05 bits per heavy atom. The summed E-state index contributed by atoms with van der Waals surface area (Å²) >= 11 is 0. The Bertz CT molecular complexity index is 885. The summed E-state index contributed by atoms with van der Waals surface area (Å²) in [5.74, 6) is 0.386. The average molecular weight is 294 g/mol. The van der Waals surface area contributed by atoms with Gasteiger partial charge in [-0.25, -0.2) is 0 Å². The molecule has 0 aliphatic rings. The van der Waals surface area contributed by atoms with Gasteiger partial charge in [0.25, 0.3) is 5.56 Å². The van der Waals surface area contributed by atoms with Gasteiger partial charge in [-0.15, -0.1) is 10.2 Å². The second-order valence-electron chi connectivity index (χ2n) is 4.94. The van der Waals surface area contributed by atoms with Gasteiger partial charge in [-0.1, -0.05) is 6.07 Å². The van der Waals surface area contributed by atoms with Crippen LogP contribution < -0.4 is 11.3 Å². The molecule has 6 heteroatoms. The van der Waals surface area contributed by atoms with Crippen LogP contribution in [0.1, 0.15) is 0 Å². The number of pyridine rings is 1. The molecule has 0 aliphatic carbocycles. The lowest BCUT2D eigenvalue weighted by Crippen LogP contribution is -2.14. The van der Waals surface area contributed by atoms with Gasteiger partial charge in [0.1, 0.15) is 11.6 Å². The van der Waals surface area contributed by atoms with Crippen molar-refractivity contribution in [3.8, 4) is 28.1 Å². The SMILES string of the molecule is Cn1ccc(-c2ccc(-c3ccc(N)nn3)c(O)c2)cc1=O. The molecule has 0 bridgehead atoms. The van der Waals surface area contributed by atoms with E-state index in [1.807, 2.05) is 12.1 Å². The molecule has 3 aromatic rings. The van der Waals surface area contributed by atoms with Crippen LogP contribution in [0, 0.1) is 0 Å². The molecule has 0 saturated heterocycles. The Morgan fingerprint density at radius 3 is 2.45 bits per heavy atom. The van der Waals surface area contributed by atoms with Crippen LogP contribution in [-0.4, -0.2) is 19.9 Å². The van der Waals surface area contributed by atoms with Crippen molar-refractivity contribution in [1.29, 1.82) is 0 Å². The van der Waals surface area contributed by atoms with Crippen LogP contribution in [0.25, 0.3) is 22.4 Å². The maximum Gasteiger partial charge on any atom is 0.250 e. The van der Waals surface area contributed by atoms with E-state index in [1.54, 1.807) is 37.5 Å². The van der Waals surface area contributed by atoms with Crippen molar-refractivity contribution in [2.45, 2.75) is 0 Å². The predicted molar refractivity (Wildman–Crippen MR) is 84.2 cm³/mol. The zero-order valence-electron chi connectivity index (χ0n) is 11.9. The number of nitrogens with zero attached hydrogens (tertiary/aromatic N) is 3. The molecule has 3 rings (SSSR count). The van der Waals surface area contributed by atoms with E-state index in [-0.39, 0.29) is 11.3 Å². The molecule has 6 nitrogen and oxygen atoms in total. The molecule has 0 saturated carbocycles. The molecule has 2 aromatic heterocycles. The number of hydrogen-bond acceptors (Lipinski definition) is 5. The lowest BCUT2D eigenvalue weighted by atomic mass is 10.0. The van der Waals surface area contributed by atoms with Crippen molar-refractivity contribution in [3.05, 3.63) is 59.0 Å². The fourth-order valence-corrected chi connectivity index (χ4v) is 2.14. The first-order valence-electron chi connectivity index (χ1n) is 6.64. The van der Waals surface area contributed by atoms with Crippen LogP contribution >= 0.6 is 0 Å². The van der Waals surface area contributed by atoms with Gasteiger partial charge in [-0.05, 0) is 41.5 Å². The van der Waals surface area contributed by atoms with Crippen molar-refractivity contribution in [1.82, 2.24) is 14.8 Å². The summed E-state index contributed by atoms with van der Waals surface area (Å²) in [6.45, 7) is 0. The molecule has 0 atom stereocenters. The van der Waals surface area contributed by atoms with Gasteiger partial charge in [0.05, 0.1) is 5.69 Å². The van der Waals surface area contributed by atoms with Gasteiger partial charge in [0.15, 0.2) is 0 Å². The van der Waals surface area contributed by atoms with E-state index in [2.05, 4.69) is 10.2 Å². The highest BCUT2D eigenvalue weighted by Gasteiger charge is 2.09. The summed E-state index contributed by atoms with van der Waals surface area (Å²) in [6, 6.07) is 11.8. The number of hydrogen-bond donors (Lipinski definition) is 2. The number of phenolic OH excluding ortho intramolecular Hbond substituents is 1. The summed E-state index contributed by atoms with van der Waals surface area (Å²) in [7, 11) is 1.69. The first-order chi connectivity index (χ1) is 10.5. The normalized spacial score (nSPS) is 10.6. The van der Waals surface area contributed by atoms with E-state index < -0.39 is 0 Å². The largest absolute Gasteiger partial charge is 0.507 e. The monoisotopic (exact) mass is 294 g/mol. The molecule has 110 valence electrons. The highest BCUT2D eigenvalue weighted by Crippen LogP contribution is 2.31. The first kappa shape index (κ1) is 13.8. The van der Waals surface area contributed by atoms with Gasteiger partial charge >= 0.3 is 0 Å². The van der Waals surface area contributed by atoms with Crippen LogP contribution in [0.15, 0.2) is 53.5 Å². The smallest absolute Gasteiger partial charge is 0.250 e. The second-order valence-corrected chi connectivity index (χ2v) is 4.94. The third kappa shape index (κ3) is 2.54. The minimum Gasteiger partial charge on any atom is -0.507 e. The Kier molecular flexibility index (Phi) is 3.34. The molecule has 22 heavy (non-hydrogen) atoms. The number of aromatic hydroxyl groups is 1. The summed E-state index contributed by atoms with van der Waals surface area (Å²) in [6.07, 6.45) is 1.69. The van der Waals surface area contributed by atoms with Crippen LogP contribution in [0.2, 0.25) is 0 Å². The van der Waals surface area contributed by atoms with E-state index in [0.29, 0.717) is 17.1 Å². The summed E-state index contributed by atoms with van der Waals surface area (Å²) < 4.78 is 1.49. The fraction of sp³-hybridized carbons (Fsp3) is 0.0625. The van der Waals surface area contributed by atoms with Crippen molar-refractivity contribution < 1.29 is 5.11 Å². The highest BCUT2D eigenvalue weighted by molar-refractivity contribution is 5.74. The third-order valence-corrected chi connectivity index (χ3v) is 3.40. The fourth-order valence-electron chi connectivity index (χ4n) is 2.14. The maximum absolute atomic E-state index is 11.7. The van der Waals surface area contributed by atoms with Crippen molar-refractivity contribution in [3.63, 3.8) is 0 Å². The highest BCUT2D eigenvalue weighted by atomic mass is 16.3. The number of anilines is 1. The van der Waals surface area contributed by atoms with Gasteiger partial charge < -0.3 is 15.4 Å². The number of aryl methyl sites for hydroxylation is 1. The van der Waals surface area contributed by atoms with Crippen LogP contribution in [0.4, 0.5) is 5.82 Å². The van der Waals surface area contributed by atoms with Crippen LogP contribution in [0.3, 0.4) is 0 Å². The molecular weight excluding hydrogens is 280 g/mol. The van der Waals surface area contributed by atoms with Gasteiger partial charge in [-0.3, -0.25) is 4.79 Å². The van der Waals surface area contributed by atoms with E-state index in [1.165, 1.54) is 10.6 Å². The zero-order valence-corrected chi connectivity index (χ0v) is 11.9. The molecule has 0 unspecified atom stereocenters. The minimum atomic E-state index is -0.106. The first-order valence-corrected chi connectivity index (χ1v) is 6.64. The van der Waals surface area contributed by atoms with Gasteiger partial charge in [-0.2, -0.15) is 0 Å². The number of nitrogen functional groups attached to an aromatic ring is 1. The molecule has 1 aromatic carbocycles. The standard InChI is InChI=1S/C16H14N4O2/c1-20-7-6-11(9-16(20)22)10-2-3-12(14(21)8-10)13-4-5-15(17)19-18-13/h2-9,21H,1H3,(H2,17,19). The number of rotatable bonds is 2. The van der Waals surface area contributed by atoms with E-state index in [0.717, 1.165) is 11.1 Å². The molecular formula is C16H14N4O2. The summed E-state index contributed by atoms with van der Waals surface area (Å²) in [4.78, 5) is 11.7. The van der Waals surface area contributed by atoms with Crippen molar-refractivity contribution in [2.24, 2.45) is 7.05 Å². The second kappa shape index (κ2) is 5.33. The Balaban J connectivity index is 2.03. The predicted octanol–water partition coefficient (Wildman–Crippen LogP) is 1.80. The van der Waals surface area contributed by atoms with Gasteiger partial charge in [0, 0.05) is 24.9 Å². The van der Waals surface area contributed by atoms with E-state index in [9.17, 15) is 9.90 Å². The summed E-state index contributed by atoms with van der Waals surface area (Å²) in [5, 5.41) is 17.9. The Morgan fingerprint density at radius 2 is 1.82 bits per heavy atom. The number of phenols is 1. The van der Waals surface area contributed by atoms with E-state index in [4.69, 9.17) is 5.73 Å². The number of aromatic nitrogens is 3. The zero-order chi connectivity index (χ0) is 15.7. The maximum atomic E-state index is 11.7. The average Bonchev–Trinajstić information content (AvgIpc) is 2.51. The van der Waals surface area contributed by atoms with Crippen molar-refractivity contribution in [2.75, 3.05) is 5.73 Å². The Labute approximate surface area is 126 Å². The minimum absolute atomic E-state index is 0.0669. The molecule has 0 spiro atoms. The molecule has 0 fully saturated rings. The lowest BCUT2D eigenvalue weighted by Gasteiger charge is -2.07. The van der Waals surface area contributed by atoms with Crippen LogP contribution in [0.5, 0.6) is 5.75 Å². The number of benzene rings is 1. The molecule has 2 heterocycles. The molecule has 3 N–H and O–H groups in total. The molecule has 0 amide bonds.